The number of aliphatic imine (C=N–C) groups is 1. The first-order valence-corrected chi connectivity index (χ1v) is 10.9. The van der Waals surface area contributed by atoms with E-state index in [1.54, 1.807) is 13.0 Å². The maximum absolute atomic E-state index is 15.0. The lowest BCUT2D eigenvalue weighted by Crippen LogP contribution is -2.35. The van der Waals surface area contributed by atoms with Gasteiger partial charge in [0.05, 0.1) is 5.69 Å². The van der Waals surface area contributed by atoms with E-state index >= 15 is 0 Å². The zero-order valence-corrected chi connectivity index (χ0v) is 18.9. The van der Waals surface area contributed by atoms with Gasteiger partial charge >= 0.3 is 0 Å². The molecule has 3 rings (SSSR count). The molecule has 5 heteroatoms. The summed E-state index contributed by atoms with van der Waals surface area (Å²) in [5.41, 5.74) is 4.71. The van der Waals surface area contributed by atoms with Crippen LogP contribution in [0.25, 0.3) is 0 Å². The van der Waals surface area contributed by atoms with Crippen molar-refractivity contribution in [2.75, 3.05) is 29.9 Å². The minimum absolute atomic E-state index is 0.213. The molecule has 1 aliphatic rings. The lowest BCUT2D eigenvalue weighted by molar-refractivity contribution is -0.104. The quantitative estimate of drug-likeness (QED) is 0.265. The molecule has 0 bridgehead atoms. The van der Waals surface area contributed by atoms with Crippen LogP contribution in [0.2, 0.25) is 0 Å². The number of rotatable bonds is 6. The molecule has 164 valence electrons. The van der Waals surface area contributed by atoms with Crippen LogP contribution in [0.4, 0.5) is 15.8 Å². The first kappa shape index (κ1) is 22.7. The van der Waals surface area contributed by atoms with Gasteiger partial charge in [-0.05, 0) is 75.8 Å². The SMILES string of the molecule is CC(=C/C=O)/N=C(/C)N(C)c1ccc(N2CCC(Cc3cccc(C)c3)CC2)c(F)c1. The summed E-state index contributed by atoms with van der Waals surface area (Å²) in [6.07, 6.45) is 5.36. The molecule has 1 aliphatic heterocycles. The Morgan fingerprint density at radius 3 is 2.58 bits per heavy atom. The number of aldehydes is 1. The molecule has 0 atom stereocenters. The summed E-state index contributed by atoms with van der Waals surface area (Å²) in [4.78, 5) is 18.9. The van der Waals surface area contributed by atoms with Crippen molar-refractivity contribution in [1.82, 2.24) is 0 Å². The van der Waals surface area contributed by atoms with Crippen LogP contribution in [0.15, 0.2) is 59.2 Å². The van der Waals surface area contributed by atoms with Gasteiger partial charge in [0.25, 0.3) is 0 Å². The summed E-state index contributed by atoms with van der Waals surface area (Å²) >= 11 is 0. The first-order valence-electron chi connectivity index (χ1n) is 10.9. The number of carbonyl (C=O) groups is 1. The van der Waals surface area contributed by atoms with Crippen molar-refractivity contribution >= 4 is 23.5 Å². The molecule has 0 spiro atoms. The third-order valence-corrected chi connectivity index (χ3v) is 6.01. The lowest BCUT2D eigenvalue weighted by atomic mass is 9.89. The second-order valence-corrected chi connectivity index (χ2v) is 8.42. The van der Waals surface area contributed by atoms with Gasteiger partial charge in [-0.15, -0.1) is 0 Å². The zero-order chi connectivity index (χ0) is 22.4. The summed E-state index contributed by atoms with van der Waals surface area (Å²) in [7, 11) is 1.85. The molecule has 0 unspecified atom stereocenters. The lowest BCUT2D eigenvalue weighted by Gasteiger charge is -2.34. The van der Waals surface area contributed by atoms with E-state index < -0.39 is 0 Å². The number of allylic oxidation sites excluding steroid dienone is 2. The minimum atomic E-state index is -0.213. The number of amidine groups is 1. The van der Waals surface area contributed by atoms with Gasteiger partial charge < -0.3 is 9.80 Å². The Hall–Kier alpha value is -2.95. The van der Waals surface area contributed by atoms with Gasteiger partial charge in [0.15, 0.2) is 0 Å². The molecule has 0 N–H and O–H groups in total. The Balaban J connectivity index is 1.63. The van der Waals surface area contributed by atoms with E-state index in [0.717, 1.165) is 38.0 Å². The first-order chi connectivity index (χ1) is 14.9. The van der Waals surface area contributed by atoms with Gasteiger partial charge in [0.2, 0.25) is 0 Å². The van der Waals surface area contributed by atoms with Crippen LogP contribution >= 0.6 is 0 Å². The van der Waals surface area contributed by atoms with Crippen molar-refractivity contribution in [3.05, 3.63) is 71.2 Å². The Morgan fingerprint density at radius 2 is 1.94 bits per heavy atom. The molecule has 4 nitrogen and oxygen atoms in total. The van der Waals surface area contributed by atoms with Gasteiger partial charge in [-0.2, -0.15) is 0 Å². The summed E-state index contributed by atoms with van der Waals surface area (Å²) < 4.78 is 15.0. The van der Waals surface area contributed by atoms with E-state index in [0.29, 0.717) is 29.4 Å². The molecule has 1 saturated heterocycles. The van der Waals surface area contributed by atoms with Crippen LogP contribution in [0.1, 0.15) is 37.8 Å². The van der Waals surface area contributed by atoms with Crippen LogP contribution in [0.5, 0.6) is 0 Å². The van der Waals surface area contributed by atoms with E-state index in [1.807, 2.05) is 31.0 Å². The van der Waals surface area contributed by atoms with E-state index in [2.05, 4.69) is 41.1 Å². The standard InChI is InChI=1S/C26H32FN3O/c1-19-6-5-7-23(16-19)17-22-10-13-30(14-11-22)26-9-8-24(18-25(26)27)29(4)21(3)28-20(2)12-15-31/h5-9,12,15-16,18,22H,10-11,13-14,17H2,1-4H3/b20-12-,28-21-. The number of aryl methyl sites for hydroxylation is 1. The summed E-state index contributed by atoms with van der Waals surface area (Å²) in [6, 6.07) is 14.1. The molecular weight excluding hydrogens is 389 g/mol. The van der Waals surface area contributed by atoms with Gasteiger partial charge in [-0.3, -0.25) is 4.79 Å². The van der Waals surface area contributed by atoms with Crippen LogP contribution in [-0.2, 0) is 11.2 Å². The smallest absolute Gasteiger partial charge is 0.148 e. The van der Waals surface area contributed by atoms with Crippen molar-refractivity contribution in [3.8, 4) is 0 Å². The maximum Gasteiger partial charge on any atom is 0.148 e. The monoisotopic (exact) mass is 421 g/mol. The summed E-state index contributed by atoms with van der Waals surface area (Å²) in [5, 5.41) is 0. The van der Waals surface area contributed by atoms with Gasteiger partial charge in [-0.1, -0.05) is 29.8 Å². The molecule has 1 heterocycles. The van der Waals surface area contributed by atoms with Crippen molar-refractivity contribution in [1.29, 1.82) is 0 Å². The van der Waals surface area contributed by atoms with Gasteiger partial charge in [0.1, 0.15) is 17.9 Å². The molecule has 2 aromatic rings. The average Bonchev–Trinajstić information content (AvgIpc) is 2.74. The van der Waals surface area contributed by atoms with Crippen molar-refractivity contribution in [2.45, 2.75) is 40.0 Å². The Morgan fingerprint density at radius 1 is 1.19 bits per heavy atom. The van der Waals surface area contributed by atoms with Crippen LogP contribution < -0.4 is 9.80 Å². The summed E-state index contributed by atoms with van der Waals surface area (Å²) in [5.74, 6) is 1.13. The molecule has 0 saturated carbocycles. The molecule has 2 aromatic carbocycles. The van der Waals surface area contributed by atoms with E-state index in [1.165, 1.54) is 17.2 Å². The Kier molecular flexibility index (Phi) is 7.61. The molecule has 0 aromatic heterocycles. The number of hydrogen-bond acceptors (Lipinski definition) is 3. The largest absolute Gasteiger partial charge is 0.369 e. The second-order valence-electron chi connectivity index (χ2n) is 8.42. The highest BCUT2D eigenvalue weighted by atomic mass is 19.1. The fourth-order valence-electron chi connectivity index (χ4n) is 4.16. The molecule has 1 fully saturated rings. The minimum Gasteiger partial charge on any atom is -0.369 e. The second kappa shape index (κ2) is 10.4. The number of nitrogens with zero attached hydrogens (tertiary/aromatic N) is 3. The van der Waals surface area contributed by atoms with E-state index in [4.69, 9.17) is 0 Å². The highest BCUT2D eigenvalue weighted by molar-refractivity contribution is 5.96. The van der Waals surface area contributed by atoms with E-state index in [-0.39, 0.29) is 5.82 Å². The number of carbonyl (C=O) groups excluding carboxylic acids is 1. The normalized spacial score (nSPS) is 15.8. The number of benzene rings is 2. The van der Waals surface area contributed by atoms with Crippen LogP contribution in [-0.4, -0.2) is 32.3 Å². The molecule has 31 heavy (non-hydrogen) atoms. The topological polar surface area (TPSA) is 35.9 Å². The maximum atomic E-state index is 15.0. The van der Waals surface area contributed by atoms with Gasteiger partial charge in [-0.25, -0.2) is 9.38 Å². The average molecular weight is 422 g/mol. The molecule has 0 amide bonds. The number of hydrogen-bond donors (Lipinski definition) is 0. The van der Waals surface area contributed by atoms with Crippen molar-refractivity contribution in [2.24, 2.45) is 10.9 Å². The predicted molar refractivity (Wildman–Crippen MR) is 128 cm³/mol. The van der Waals surface area contributed by atoms with Crippen LogP contribution in [0.3, 0.4) is 0 Å². The summed E-state index contributed by atoms with van der Waals surface area (Å²) in [6.45, 7) is 7.48. The number of piperidine rings is 1. The fourth-order valence-corrected chi connectivity index (χ4v) is 4.16. The molecular formula is C26H32FN3O. The number of anilines is 2. The Labute approximate surface area is 185 Å². The van der Waals surface area contributed by atoms with Crippen LogP contribution in [0, 0.1) is 18.7 Å². The molecule has 0 aliphatic carbocycles. The zero-order valence-electron chi connectivity index (χ0n) is 18.9. The molecule has 0 radical (unpaired) electrons. The van der Waals surface area contributed by atoms with Gasteiger partial charge in [0, 0.05) is 31.5 Å². The van der Waals surface area contributed by atoms with Crippen molar-refractivity contribution in [3.63, 3.8) is 0 Å². The third-order valence-electron chi connectivity index (χ3n) is 6.01. The highest BCUT2D eigenvalue weighted by Crippen LogP contribution is 2.30. The third kappa shape index (κ3) is 6.03. The highest BCUT2D eigenvalue weighted by Gasteiger charge is 2.22. The number of halogens is 1. The van der Waals surface area contributed by atoms with Crippen molar-refractivity contribution < 1.29 is 9.18 Å². The predicted octanol–water partition coefficient (Wildman–Crippen LogP) is 5.55. The van der Waals surface area contributed by atoms with E-state index in [9.17, 15) is 9.18 Å². The Bertz CT molecular complexity index is 974. The fraction of sp³-hybridized carbons (Fsp3) is 0.385.